The van der Waals surface area contributed by atoms with Crippen LogP contribution in [0, 0.1) is 0 Å². The minimum Gasteiger partial charge on any atom is -0.325 e. The van der Waals surface area contributed by atoms with Crippen molar-refractivity contribution in [1.29, 1.82) is 0 Å². The first-order valence-electron chi connectivity index (χ1n) is 5.63. The lowest BCUT2D eigenvalue weighted by Crippen LogP contribution is -2.51. The van der Waals surface area contributed by atoms with Gasteiger partial charge in [0.2, 0.25) is 0 Å². The highest BCUT2D eigenvalue weighted by atomic mass is 16.2. The summed E-state index contributed by atoms with van der Waals surface area (Å²) < 4.78 is 0. The van der Waals surface area contributed by atoms with Crippen molar-refractivity contribution < 1.29 is 4.79 Å². The SMILES string of the molecule is O=C(N1CCCC1)N1CC2CC1CN2. The molecule has 3 rings (SSSR count). The molecule has 0 aromatic heterocycles. The Morgan fingerprint density at radius 2 is 2.07 bits per heavy atom. The maximum absolute atomic E-state index is 12.1. The second-order valence-corrected chi connectivity index (χ2v) is 4.62. The van der Waals surface area contributed by atoms with Crippen LogP contribution in [0.25, 0.3) is 0 Å². The molecule has 2 amide bonds. The van der Waals surface area contributed by atoms with E-state index in [1.165, 1.54) is 19.3 Å². The third-order valence-electron chi connectivity index (χ3n) is 3.68. The van der Waals surface area contributed by atoms with Crippen molar-refractivity contribution in [1.82, 2.24) is 15.1 Å². The summed E-state index contributed by atoms with van der Waals surface area (Å²) in [5.74, 6) is 0. The first-order chi connectivity index (χ1) is 6.84. The van der Waals surface area contributed by atoms with E-state index in [4.69, 9.17) is 0 Å². The normalized spacial score (nSPS) is 35.7. The van der Waals surface area contributed by atoms with Crippen LogP contribution in [-0.4, -0.2) is 54.1 Å². The van der Waals surface area contributed by atoms with Crippen molar-refractivity contribution in [2.45, 2.75) is 31.3 Å². The van der Waals surface area contributed by atoms with Crippen LogP contribution in [0.15, 0.2) is 0 Å². The first kappa shape index (κ1) is 8.53. The standard InChI is InChI=1S/C10H17N3O/c14-10(12-3-1-2-4-12)13-7-8-5-9(13)6-11-8/h8-9,11H,1-7H2. The van der Waals surface area contributed by atoms with Crippen molar-refractivity contribution in [2.24, 2.45) is 0 Å². The van der Waals surface area contributed by atoms with E-state index in [-0.39, 0.29) is 6.03 Å². The minimum absolute atomic E-state index is 0.288. The Hall–Kier alpha value is -0.770. The molecule has 0 radical (unpaired) electrons. The topological polar surface area (TPSA) is 35.6 Å². The van der Waals surface area contributed by atoms with Crippen molar-refractivity contribution in [3.8, 4) is 0 Å². The molecule has 2 unspecified atom stereocenters. The summed E-state index contributed by atoms with van der Waals surface area (Å²) in [5, 5.41) is 3.42. The third kappa shape index (κ3) is 1.21. The summed E-state index contributed by atoms with van der Waals surface area (Å²) in [6, 6.07) is 1.34. The van der Waals surface area contributed by atoms with Gasteiger partial charge in [0.05, 0.1) is 0 Å². The lowest BCUT2D eigenvalue weighted by atomic mass is 10.2. The number of nitrogens with one attached hydrogen (secondary N) is 1. The van der Waals surface area contributed by atoms with E-state index in [0.29, 0.717) is 12.1 Å². The predicted octanol–water partition coefficient (Wildman–Crippen LogP) is 0.248. The summed E-state index contributed by atoms with van der Waals surface area (Å²) in [6.45, 7) is 3.88. The number of carbonyl (C=O) groups is 1. The fraction of sp³-hybridized carbons (Fsp3) is 0.900. The number of fused-ring (bicyclic) bond motifs is 2. The number of hydrogen-bond donors (Lipinski definition) is 1. The molecule has 3 fully saturated rings. The molecular weight excluding hydrogens is 178 g/mol. The molecule has 2 atom stereocenters. The number of carbonyl (C=O) groups excluding carboxylic acids is 1. The van der Waals surface area contributed by atoms with Crippen LogP contribution in [0.2, 0.25) is 0 Å². The Morgan fingerprint density at radius 1 is 1.29 bits per heavy atom. The van der Waals surface area contributed by atoms with Crippen LogP contribution >= 0.6 is 0 Å². The van der Waals surface area contributed by atoms with Gasteiger partial charge in [-0.3, -0.25) is 0 Å². The molecule has 0 spiro atoms. The summed E-state index contributed by atoms with van der Waals surface area (Å²) >= 11 is 0. The Kier molecular flexibility index (Phi) is 1.90. The van der Waals surface area contributed by atoms with Crippen LogP contribution in [0.5, 0.6) is 0 Å². The molecule has 1 N–H and O–H groups in total. The van der Waals surface area contributed by atoms with Crippen molar-refractivity contribution >= 4 is 6.03 Å². The van der Waals surface area contributed by atoms with E-state index in [9.17, 15) is 4.79 Å². The highest BCUT2D eigenvalue weighted by Crippen LogP contribution is 2.25. The van der Waals surface area contributed by atoms with Crippen LogP contribution in [-0.2, 0) is 0 Å². The zero-order chi connectivity index (χ0) is 9.54. The van der Waals surface area contributed by atoms with Gasteiger partial charge in [-0.15, -0.1) is 0 Å². The molecule has 14 heavy (non-hydrogen) atoms. The number of rotatable bonds is 0. The van der Waals surface area contributed by atoms with Crippen LogP contribution in [0.4, 0.5) is 4.79 Å². The molecule has 3 saturated heterocycles. The number of urea groups is 1. The maximum Gasteiger partial charge on any atom is 0.320 e. The van der Waals surface area contributed by atoms with Crippen molar-refractivity contribution in [2.75, 3.05) is 26.2 Å². The fourth-order valence-corrected chi connectivity index (χ4v) is 2.89. The highest BCUT2D eigenvalue weighted by Gasteiger charge is 2.41. The third-order valence-corrected chi connectivity index (χ3v) is 3.68. The molecule has 0 aromatic carbocycles. The molecule has 0 aromatic rings. The molecule has 3 aliphatic rings. The van der Waals surface area contributed by atoms with E-state index in [2.05, 4.69) is 10.2 Å². The lowest BCUT2D eigenvalue weighted by molar-refractivity contribution is 0.151. The number of hydrogen-bond acceptors (Lipinski definition) is 2. The second kappa shape index (κ2) is 3.12. The predicted molar refractivity (Wildman–Crippen MR) is 53.1 cm³/mol. The van der Waals surface area contributed by atoms with E-state index < -0.39 is 0 Å². The largest absolute Gasteiger partial charge is 0.325 e. The Bertz CT molecular complexity index is 250. The van der Waals surface area contributed by atoms with E-state index >= 15 is 0 Å². The zero-order valence-electron chi connectivity index (χ0n) is 8.41. The maximum atomic E-state index is 12.1. The van der Waals surface area contributed by atoms with Crippen molar-refractivity contribution in [3.05, 3.63) is 0 Å². The summed E-state index contributed by atoms with van der Waals surface area (Å²) in [6.07, 6.45) is 3.54. The van der Waals surface area contributed by atoms with Gasteiger partial charge in [0.25, 0.3) is 0 Å². The van der Waals surface area contributed by atoms with Gasteiger partial charge in [-0.05, 0) is 19.3 Å². The smallest absolute Gasteiger partial charge is 0.320 e. The second-order valence-electron chi connectivity index (χ2n) is 4.62. The molecule has 3 aliphatic heterocycles. The highest BCUT2D eigenvalue weighted by molar-refractivity contribution is 5.75. The number of amides is 2. The molecule has 3 heterocycles. The molecular formula is C10H17N3O. The first-order valence-corrected chi connectivity index (χ1v) is 5.63. The lowest BCUT2D eigenvalue weighted by Gasteiger charge is -2.31. The average molecular weight is 195 g/mol. The zero-order valence-corrected chi connectivity index (χ0v) is 8.41. The molecule has 0 aliphatic carbocycles. The Labute approximate surface area is 84.2 Å². The van der Waals surface area contributed by atoms with Crippen LogP contribution in [0.1, 0.15) is 19.3 Å². The number of nitrogens with zero attached hydrogens (tertiary/aromatic N) is 2. The van der Waals surface area contributed by atoms with Crippen LogP contribution in [0.3, 0.4) is 0 Å². The van der Waals surface area contributed by atoms with E-state index in [1.807, 2.05) is 4.90 Å². The molecule has 4 nitrogen and oxygen atoms in total. The van der Waals surface area contributed by atoms with E-state index in [1.54, 1.807) is 0 Å². The monoisotopic (exact) mass is 195 g/mol. The average Bonchev–Trinajstić information content (AvgIpc) is 2.93. The van der Waals surface area contributed by atoms with Gasteiger partial charge in [-0.2, -0.15) is 0 Å². The fourth-order valence-electron chi connectivity index (χ4n) is 2.89. The summed E-state index contributed by atoms with van der Waals surface area (Å²) in [7, 11) is 0. The molecule has 4 heteroatoms. The molecule has 0 saturated carbocycles. The quantitative estimate of drug-likeness (QED) is 0.601. The van der Waals surface area contributed by atoms with Crippen LogP contribution < -0.4 is 5.32 Å². The number of piperazine rings is 1. The van der Waals surface area contributed by atoms with Gasteiger partial charge >= 0.3 is 6.03 Å². The van der Waals surface area contributed by atoms with E-state index in [0.717, 1.165) is 26.2 Å². The minimum atomic E-state index is 0.288. The molecule has 2 bridgehead atoms. The van der Waals surface area contributed by atoms with Gasteiger partial charge in [-0.1, -0.05) is 0 Å². The van der Waals surface area contributed by atoms with Gasteiger partial charge in [0.1, 0.15) is 0 Å². The summed E-state index contributed by atoms with van der Waals surface area (Å²) in [4.78, 5) is 16.2. The van der Waals surface area contributed by atoms with Gasteiger partial charge in [-0.25, -0.2) is 4.79 Å². The van der Waals surface area contributed by atoms with Crippen molar-refractivity contribution in [3.63, 3.8) is 0 Å². The Balaban J connectivity index is 1.67. The summed E-state index contributed by atoms with van der Waals surface area (Å²) in [5.41, 5.74) is 0. The van der Waals surface area contributed by atoms with Gasteiger partial charge in [0, 0.05) is 38.3 Å². The van der Waals surface area contributed by atoms with Gasteiger partial charge in [0.15, 0.2) is 0 Å². The number of likely N-dealkylation sites (tertiary alicyclic amines) is 2. The molecule has 78 valence electrons. The Morgan fingerprint density at radius 3 is 2.64 bits per heavy atom. The van der Waals surface area contributed by atoms with Gasteiger partial charge < -0.3 is 15.1 Å².